The van der Waals surface area contributed by atoms with Crippen LogP contribution in [0.2, 0.25) is 0 Å². The normalized spacial score (nSPS) is 30.0. The molecule has 2 aliphatic rings. The van der Waals surface area contributed by atoms with Crippen LogP contribution in [0.4, 0.5) is 0 Å². The molecule has 2 heterocycles. The van der Waals surface area contributed by atoms with Crippen molar-refractivity contribution in [1.29, 1.82) is 0 Å². The van der Waals surface area contributed by atoms with E-state index in [1.807, 2.05) is 24.3 Å². The number of hydrogen-bond donors (Lipinski definition) is 2. The molecule has 0 spiro atoms. The van der Waals surface area contributed by atoms with Crippen molar-refractivity contribution in [3.8, 4) is 0 Å². The highest BCUT2D eigenvalue weighted by atomic mass is 16.8. The van der Waals surface area contributed by atoms with Crippen molar-refractivity contribution in [2.75, 3.05) is 6.61 Å². The van der Waals surface area contributed by atoms with Gasteiger partial charge in [-0.15, -0.1) is 0 Å². The third-order valence-electron chi connectivity index (χ3n) is 6.70. The second-order valence-electron chi connectivity index (χ2n) is 9.28. The van der Waals surface area contributed by atoms with Crippen LogP contribution in [0.5, 0.6) is 0 Å². The Hall–Kier alpha value is -1.80. The zero-order valence-electron chi connectivity index (χ0n) is 20.4. The topological polar surface area (TPSA) is 77.4 Å². The molecular formula is C28H38O6. The summed E-state index contributed by atoms with van der Waals surface area (Å²) in [5.74, 6) is 0. The van der Waals surface area contributed by atoms with Crippen LogP contribution >= 0.6 is 0 Å². The summed E-state index contributed by atoms with van der Waals surface area (Å²) in [6.45, 7) is 5.95. The minimum Gasteiger partial charge on any atom is -0.394 e. The highest BCUT2D eigenvalue weighted by molar-refractivity contribution is 5.25. The minimum absolute atomic E-state index is 0.238. The number of benzene rings is 2. The zero-order valence-corrected chi connectivity index (χ0v) is 20.4. The van der Waals surface area contributed by atoms with Gasteiger partial charge in [0, 0.05) is 11.1 Å². The van der Waals surface area contributed by atoms with E-state index in [4.69, 9.17) is 18.9 Å². The molecule has 34 heavy (non-hydrogen) atoms. The summed E-state index contributed by atoms with van der Waals surface area (Å²) in [5.41, 5.74) is 4.33. The maximum atomic E-state index is 10.7. The average Bonchev–Trinajstić information content (AvgIpc) is 2.88. The first-order chi connectivity index (χ1) is 16.6. The fourth-order valence-corrected chi connectivity index (χ4v) is 4.84. The van der Waals surface area contributed by atoms with Crippen molar-refractivity contribution >= 4 is 0 Å². The molecule has 7 atom stereocenters. The summed E-state index contributed by atoms with van der Waals surface area (Å²) < 4.78 is 25.3. The van der Waals surface area contributed by atoms with Crippen molar-refractivity contribution in [2.24, 2.45) is 0 Å². The summed E-state index contributed by atoms with van der Waals surface area (Å²) in [7, 11) is 0. The van der Waals surface area contributed by atoms with Gasteiger partial charge in [0.2, 0.25) is 0 Å². The van der Waals surface area contributed by atoms with Gasteiger partial charge in [-0.1, -0.05) is 82.1 Å². The van der Waals surface area contributed by atoms with Crippen LogP contribution < -0.4 is 0 Å². The molecule has 0 radical (unpaired) electrons. The Kier molecular flexibility index (Phi) is 8.75. The lowest BCUT2D eigenvalue weighted by atomic mass is 9.94. The fraction of sp³-hybridized carbons (Fsp3) is 0.571. The van der Waals surface area contributed by atoms with Crippen LogP contribution in [-0.2, 0) is 31.8 Å². The van der Waals surface area contributed by atoms with Gasteiger partial charge in [0.1, 0.15) is 24.4 Å². The van der Waals surface area contributed by atoms with Crippen LogP contribution in [0.25, 0.3) is 0 Å². The summed E-state index contributed by atoms with van der Waals surface area (Å²) in [4.78, 5) is 0. The van der Waals surface area contributed by atoms with Crippen molar-refractivity contribution in [3.05, 3.63) is 70.8 Å². The molecular weight excluding hydrogens is 432 g/mol. The molecule has 0 bridgehead atoms. The predicted molar refractivity (Wildman–Crippen MR) is 129 cm³/mol. The molecule has 2 fully saturated rings. The van der Waals surface area contributed by atoms with Crippen LogP contribution in [0, 0.1) is 0 Å². The number of aryl methyl sites for hydroxylation is 2. The largest absolute Gasteiger partial charge is 0.394 e. The van der Waals surface area contributed by atoms with Crippen molar-refractivity contribution < 1.29 is 29.2 Å². The van der Waals surface area contributed by atoms with Crippen LogP contribution in [0.3, 0.4) is 0 Å². The molecule has 2 aromatic carbocycles. The second kappa shape index (κ2) is 11.8. The Morgan fingerprint density at radius 3 is 1.68 bits per heavy atom. The standard InChI is InChI=1S/C28H38O6/c1-4-7-18-9-13-20(14-10-18)27-31-23(6-3)25-26(34-27)24(22(30)17-29)32-28(33-25)21-15-11-19(8-5-2)12-16-21/h9-16,22-30H,4-8,17H2,1-3H3. The van der Waals surface area contributed by atoms with Gasteiger partial charge < -0.3 is 29.2 Å². The maximum Gasteiger partial charge on any atom is 0.184 e. The summed E-state index contributed by atoms with van der Waals surface area (Å²) in [6, 6.07) is 16.4. The number of aliphatic hydroxyl groups excluding tert-OH is 2. The van der Waals surface area contributed by atoms with Crippen LogP contribution in [0.1, 0.15) is 74.9 Å². The van der Waals surface area contributed by atoms with Gasteiger partial charge in [0.25, 0.3) is 0 Å². The second-order valence-corrected chi connectivity index (χ2v) is 9.28. The van der Waals surface area contributed by atoms with Gasteiger partial charge in [-0.05, 0) is 30.4 Å². The number of rotatable bonds is 9. The molecule has 6 heteroatoms. The Morgan fingerprint density at radius 2 is 1.21 bits per heavy atom. The first kappa shape index (κ1) is 25.3. The van der Waals surface area contributed by atoms with E-state index in [1.165, 1.54) is 11.1 Å². The van der Waals surface area contributed by atoms with E-state index in [0.717, 1.165) is 43.2 Å². The number of ether oxygens (including phenoxy) is 4. The van der Waals surface area contributed by atoms with E-state index < -0.39 is 43.6 Å². The predicted octanol–water partition coefficient (Wildman–Crippen LogP) is 4.62. The molecule has 2 aliphatic heterocycles. The fourth-order valence-electron chi connectivity index (χ4n) is 4.84. The van der Waals surface area contributed by atoms with E-state index in [2.05, 4.69) is 45.0 Å². The zero-order chi connectivity index (χ0) is 24.1. The lowest BCUT2D eigenvalue weighted by molar-refractivity contribution is -0.391. The molecule has 0 aromatic heterocycles. The van der Waals surface area contributed by atoms with Gasteiger partial charge in [-0.3, -0.25) is 0 Å². The molecule has 0 saturated carbocycles. The van der Waals surface area contributed by atoms with Crippen LogP contribution in [0.15, 0.2) is 48.5 Å². The minimum atomic E-state index is -1.10. The molecule has 0 amide bonds. The molecule has 2 saturated heterocycles. The Morgan fingerprint density at radius 1 is 0.706 bits per heavy atom. The SMILES string of the molecule is CCCc1ccc(C2OC(C(O)CO)C3OC(c4ccc(CCC)cc4)OC(CC)C3O2)cc1. The number of fused-ring (bicyclic) bond motifs is 1. The summed E-state index contributed by atoms with van der Waals surface area (Å²) >= 11 is 0. The lowest BCUT2D eigenvalue weighted by Crippen LogP contribution is -2.61. The first-order valence-electron chi connectivity index (χ1n) is 12.7. The summed E-state index contributed by atoms with van der Waals surface area (Å²) in [6.07, 6.45) is 0.600. The Balaban J connectivity index is 1.57. The van der Waals surface area contributed by atoms with Gasteiger partial charge in [0.05, 0.1) is 12.7 Å². The Labute approximate surface area is 202 Å². The molecule has 4 rings (SSSR count). The lowest BCUT2D eigenvalue weighted by Gasteiger charge is -2.50. The molecule has 0 aliphatic carbocycles. The smallest absolute Gasteiger partial charge is 0.184 e. The maximum absolute atomic E-state index is 10.7. The molecule has 2 N–H and O–H groups in total. The molecule has 2 aromatic rings. The van der Waals surface area contributed by atoms with Crippen molar-refractivity contribution in [1.82, 2.24) is 0 Å². The Bertz CT molecular complexity index is 875. The first-order valence-corrected chi connectivity index (χ1v) is 12.7. The van der Waals surface area contributed by atoms with Gasteiger partial charge in [-0.25, -0.2) is 0 Å². The van der Waals surface area contributed by atoms with E-state index in [9.17, 15) is 10.2 Å². The van der Waals surface area contributed by atoms with E-state index in [1.54, 1.807) is 0 Å². The molecule has 186 valence electrons. The third-order valence-corrected chi connectivity index (χ3v) is 6.70. The van der Waals surface area contributed by atoms with Gasteiger partial charge in [0.15, 0.2) is 12.6 Å². The van der Waals surface area contributed by atoms with Crippen molar-refractivity contribution in [3.63, 3.8) is 0 Å². The quantitative estimate of drug-likeness (QED) is 0.557. The monoisotopic (exact) mass is 470 g/mol. The summed E-state index contributed by atoms with van der Waals surface area (Å²) in [5, 5.41) is 20.4. The molecule has 6 nitrogen and oxygen atoms in total. The number of aliphatic hydroxyl groups is 2. The highest BCUT2D eigenvalue weighted by Gasteiger charge is 2.51. The third kappa shape index (κ3) is 5.54. The average molecular weight is 471 g/mol. The van der Waals surface area contributed by atoms with E-state index in [-0.39, 0.29) is 6.10 Å². The van der Waals surface area contributed by atoms with Gasteiger partial charge in [-0.2, -0.15) is 0 Å². The highest BCUT2D eigenvalue weighted by Crippen LogP contribution is 2.42. The van der Waals surface area contributed by atoms with Gasteiger partial charge >= 0.3 is 0 Å². The number of hydrogen-bond acceptors (Lipinski definition) is 6. The molecule has 7 unspecified atom stereocenters. The van der Waals surface area contributed by atoms with Crippen LogP contribution in [-0.4, -0.2) is 47.3 Å². The van der Waals surface area contributed by atoms with E-state index in [0.29, 0.717) is 0 Å². The van der Waals surface area contributed by atoms with E-state index >= 15 is 0 Å². The van der Waals surface area contributed by atoms with Crippen molar-refractivity contribution in [2.45, 2.75) is 96.0 Å².